The molecule has 0 radical (unpaired) electrons. The Kier molecular flexibility index (Phi) is 37.4. The Labute approximate surface area is 501 Å². The van der Waals surface area contributed by atoms with Crippen molar-refractivity contribution in [2.45, 2.75) is 196 Å². The van der Waals surface area contributed by atoms with Gasteiger partial charge in [0.2, 0.25) is 53.2 Å². The highest BCUT2D eigenvalue weighted by Gasteiger charge is 2.37. The maximum atomic E-state index is 14.7. The van der Waals surface area contributed by atoms with Crippen LogP contribution in [-0.2, 0) is 54.4 Å². The van der Waals surface area contributed by atoms with E-state index in [1.54, 1.807) is 30.3 Å². The van der Waals surface area contributed by atoms with E-state index in [1.807, 2.05) is 13.8 Å². The molecule has 1 saturated heterocycles. The average molecular weight is 1220 g/mol. The average Bonchev–Trinajstić information content (AvgIpc) is 3.67. The molecule has 0 saturated carbocycles. The molecule has 84 heavy (non-hydrogen) atoms. The Morgan fingerprint density at radius 3 is 1.49 bits per heavy atom. The van der Waals surface area contributed by atoms with Gasteiger partial charge in [-0.05, 0) is 147 Å². The first-order valence-corrected chi connectivity index (χ1v) is 31.8. The predicted octanol–water partition coefficient (Wildman–Crippen LogP) is -2.53. The third-order valence-corrected chi connectivity index (χ3v) is 16.2. The van der Waals surface area contributed by atoms with Crippen LogP contribution in [0.3, 0.4) is 0 Å². The third kappa shape index (κ3) is 29.0. The van der Waals surface area contributed by atoms with Gasteiger partial charge in [-0.3, -0.25) is 43.2 Å². The quantitative estimate of drug-likeness (QED) is 0.0261. The maximum absolute atomic E-state index is 14.7. The first-order valence-electron chi connectivity index (χ1n) is 29.3. The summed E-state index contributed by atoms with van der Waals surface area (Å²) in [5, 5.41) is 45.1. The number of aliphatic hydroxyl groups is 1. The molecule has 9 amide bonds. The molecule has 1 aromatic rings. The van der Waals surface area contributed by atoms with Gasteiger partial charge < -0.3 is 92.5 Å². The Balaban J connectivity index is 2.81. The number of nitrogens with two attached hydrogens (primary N) is 6. The van der Waals surface area contributed by atoms with Crippen molar-refractivity contribution in [1.29, 1.82) is 0 Å². The number of nitrogens with one attached hydrogen (secondary N) is 9. The molecule has 476 valence electrons. The Morgan fingerprint density at radius 1 is 0.548 bits per heavy atom. The number of amides is 9. The van der Waals surface area contributed by atoms with Crippen molar-refractivity contribution < 1.29 is 58.2 Å². The van der Waals surface area contributed by atoms with E-state index in [0.717, 1.165) is 21.6 Å². The van der Waals surface area contributed by atoms with E-state index >= 15 is 0 Å². The molecule has 1 fully saturated rings. The normalized spacial score (nSPS) is 22.3. The molecule has 0 spiro atoms. The van der Waals surface area contributed by atoms with Gasteiger partial charge in [0.1, 0.15) is 54.4 Å². The summed E-state index contributed by atoms with van der Waals surface area (Å²) < 4.78 is 0. The van der Waals surface area contributed by atoms with E-state index in [1.165, 1.54) is 6.92 Å². The Bertz CT molecular complexity index is 2210. The lowest BCUT2D eigenvalue weighted by atomic mass is 9.99. The molecular weight excluding hydrogens is 1130 g/mol. The third-order valence-electron chi connectivity index (χ3n) is 13.7. The Hall–Kier alpha value is -5.66. The fraction of sp³-hybridized carbons (Fsp3) is 0.709. The maximum Gasteiger partial charge on any atom is 0.327 e. The summed E-state index contributed by atoms with van der Waals surface area (Å²) in [7, 11) is 1.86. The van der Waals surface area contributed by atoms with Crippen LogP contribution in [0.5, 0.6) is 0 Å². The highest BCUT2D eigenvalue weighted by Crippen LogP contribution is 2.24. The molecule has 0 aromatic heterocycles. The van der Waals surface area contributed by atoms with Gasteiger partial charge in [-0.1, -0.05) is 72.2 Å². The van der Waals surface area contributed by atoms with Crippen LogP contribution in [-0.4, -0.2) is 180 Å². The largest absolute Gasteiger partial charge is 0.480 e. The molecule has 29 heteroatoms. The minimum Gasteiger partial charge on any atom is -0.480 e. The van der Waals surface area contributed by atoms with Gasteiger partial charge in [-0.25, -0.2) is 4.79 Å². The lowest BCUT2D eigenvalue weighted by Gasteiger charge is -2.29. The van der Waals surface area contributed by atoms with Crippen molar-refractivity contribution in [3.63, 3.8) is 0 Å². The number of hydrogen-bond acceptors (Lipinski definition) is 19. The van der Waals surface area contributed by atoms with Gasteiger partial charge in [-0.2, -0.15) is 0 Å². The summed E-state index contributed by atoms with van der Waals surface area (Å²) in [4.78, 5) is 141. The molecule has 1 heterocycles. The summed E-state index contributed by atoms with van der Waals surface area (Å²) in [6.45, 7) is 6.30. The van der Waals surface area contributed by atoms with Crippen LogP contribution in [0, 0.1) is 5.92 Å². The van der Waals surface area contributed by atoms with Gasteiger partial charge in [0, 0.05) is 17.9 Å². The second kappa shape index (κ2) is 42.2. The number of aliphatic hydroxyl groups excluding tert-OH is 1. The zero-order valence-electron chi connectivity index (χ0n) is 49.0. The molecule has 11 atom stereocenters. The van der Waals surface area contributed by atoms with E-state index in [-0.39, 0.29) is 88.5 Å². The zero-order valence-corrected chi connectivity index (χ0v) is 50.7. The molecule has 2 rings (SSSR count). The molecule has 0 unspecified atom stereocenters. The Morgan fingerprint density at radius 2 is 0.988 bits per heavy atom. The van der Waals surface area contributed by atoms with Gasteiger partial charge in [-0.15, -0.1) is 0 Å². The molecule has 27 nitrogen and oxygen atoms in total. The fourth-order valence-electron chi connectivity index (χ4n) is 8.87. The van der Waals surface area contributed by atoms with Crippen LogP contribution in [0.15, 0.2) is 30.3 Å². The van der Waals surface area contributed by atoms with E-state index in [2.05, 4.69) is 47.9 Å². The van der Waals surface area contributed by atoms with Gasteiger partial charge in [0.25, 0.3) is 0 Å². The SMILES string of the molecule is CC(C)C[C@H]1NC(=O)[C@H](Cc2ccccc2)NC(=O)[C@H](CCCCN)NC(=O)[C@@H](NC(=O)[C@H](CCCCN)NC(=O)[C@@H](NC(=O)[C@H](N)CCCCN)[C@H](C)O)CSSC[C@H](C(=O)O)NC(=O)[C@@H](CCCCN)NC(=O)[C@@H](CCCCN)NC1=O. The molecule has 23 N–H and O–H groups in total. The first kappa shape index (κ1) is 74.4. The van der Waals surface area contributed by atoms with Crippen molar-refractivity contribution >= 4 is 80.7 Å². The van der Waals surface area contributed by atoms with Gasteiger partial charge in [0.15, 0.2) is 0 Å². The highest BCUT2D eigenvalue weighted by atomic mass is 33.1. The lowest BCUT2D eigenvalue weighted by Crippen LogP contribution is -2.61. The standard InChI is InChI=1S/C55H97N15O12S2/c1-33(2)29-41-51(77)63-37(20-8-13-25-57)47(73)62-39(22-10-15-27-59)50(76)69-44(55(81)82)32-84-83-31-43(53(79)64-38(21-9-14-26-58)48(74)67-42(52(78)66-41)30-35-17-5-4-6-18-35)68-49(75)40(23-11-16-28-60)65-54(80)45(34(3)71)70-46(72)36(61)19-7-12-24-56/h4-6,17-18,33-34,36-45,71H,7-16,19-32,56-61H2,1-3H3,(H,62,73)(H,63,77)(H,64,79)(H,65,80)(H,66,78)(H,67,74)(H,68,75)(H,69,76)(H,70,72)(H,81,82)/t34-,36+,37+,38-,39+,40-,41+,42-,43-,44+,45-/m0/s1. The van der Waals surface area contributed by atoms with Crippen molar-refractivity contribution in [1.82, 2.24) is 47.9 Å². The number of hydrogen-bond donors (Lipinski definition) is 17. The fourth-order valence-corrected chi connectivity index (χ4v) is 11.2. The molecule has 0 bridgehead atoms. The summed E-state index contributed by atoms with van der Waals surface area (Å²) in [6, 6.07) is -4.82. The number of aliphatic carboxylic acids is 1. The number of benzene rings is 1. The summed E-state index contributed by atoms with van der Waals surface area (Å²) in [5.41, 5.74) is 35.5. The minimum atomic E-state index is -1.57. The van der Waals surface area contributed by atoms with E-state index in [4.69, 9.17) is 34.4 Å². The van der Waals surface area contributed by atoms with Crippen molar-refractivity contribution in [3.05, 3.63) is 35.9 Å². The second-order valence-corrected chi connectivity index (χ2v) is 24.0. The van der Waals surface area contributed by atoms with Gasteiger partial charge in [0.05, 0.1) is 12.1 Å². The molecule has 1 aliphatic rings. The minimum absolute atomic E-state index is 0.00287. The molecular formula is C55H97N15O12S2. The van der Waals surface area contributed by atoms with Crippen LogP contribution in [0.2, 0.25) is 0 Å². The molecule has 1 aromatic carbocycles. The topological polar surface area (TPSA) is 476 Å². The smallest absolute Gasteiger partial charge is 0.327 e. The number of carboxylic acid groups (broad SMARTS) is 1. The summed E-state index contributed by atoms with van der Waals surface area (Å²) >= 11 is 0. The van der Waals surface area contributed by atoms with Crippen LogP contribution >= 0.6 is 21.6 Å². The van der Waals surface area contributed by atoms with Gasteiger partial charge >= 0.3 is 5.97 Å². The van der Waals surface area contributed by atoms with Crippen LogP contribution in [0.25, 0.3) is 0 Å². The molecule has 0 aliphatic carbocycles. The highest BCUT2D eigenvalue weighted by molar-refractivity contribution is 8.76. The predicted molar refractivity (Wildman–Crippen MR) is 324 cm³/mol. The van der Waals surface area contributed by atoms with E-state index in [0.29, 0.717) is 76.3 Å². The first-order chi connectivity index (χ1) is 40.1. The zero-order chi connectivity index (χ0) is 62.6. The summed E-state index contributed by atoms with van der Waals surface area (Å²) in [6.07, 6.45) is 3.17. The van der Waals surface area contributed by atoms with Crippen molar-refractivity contribution in [2.24, 2.45) is 40.3 Å². The number of carboxylic acids is 1. The number of carbonyl (C=O) groups excluding carboxylic acids is 9. The van der Waals surface area contributed by atoms with Crippen LogP contribution in [0.4, 0.5) is 0 Å². The van der Waals surface area contributed by atoms with E-state index in [9.17, 15) is 58.2 Å². The lowest BCUT2D eigenvalue weighted by molar-refractivity contribution is -0.141. The van der Waals surface area contributed by atoms with Crippen LogP contribution < -0.4 is 82.3 Å². The van der Waals surface area contributed by atoms with Crippen LogP contribution in [0.1, 0.15) is 129 Å². The number of carbonyl (C=O) groups is 10. The molecule has 1 aliphatic heterocycles. The van der Waals surface area contributed by atoms with E-state index < -0.39 is 126 Å². The van der Waals surface area contributed by atoms with Crippen molar-refractivity contribution in [3.8, 4) is 0 Å². The van der Waals surface area contributed by atoms with Crippen molar-refractivity contribution in [2.75, 3.05) is 44.2 Å². The number of rotatable bonds is 32. The summed E-state index contributed by atoms with van der Waals surface area (Å²) in [5.74, 6) is -9.57. The second-order valence-electron chi connectivity index (χ2n) is 21.5. The monoisotopic (exact) mass is 1220 g/mol. The number of unbranched alkanes of at least 4 members (excludes halogenated alkanes) is 5.